The fourth-order valence-corrected chi connectivity index (χ4v) is 3.45. The predicted octanol–water partition coefficient (Wildman–Crippen LogP) is 1.73. The molecule has 1 N–H and O–H groups in total. The van der Waals surface area contributed by atoms with Crippen LogP contribution in [0.15, 0.2) is 24.3 Å². The quantitative estimate of drug-likeness (QED) is 0.865. The van der Waals surface area contributed by atoms with Crippen LogP contribution in [0.25, 0.3) is 0 Å². The number of hydrogen-bond acceptors (Lipinski definition) is 3. The minimum atomic E-state index is 0.0125. The third kappa shape index (κ3) is 4.15. The number of likely N-dealkylation sites (N-methyl/N-ethyl adjacent to an activating group) is 2. The second-order valence-electron chi connectivity index (χ2n) is 7.13. The van der Waals surface area contributed by atoms with E-state index in [1.165, 1.54) is 11.1 Å². The van der Waals surface area contributed by atoms with Crippen molar-refractivity contribution in [2.24, 2.45) is 0 Å². The smallest absolute Gasteiger partial charge is 0.237 e. The molecule has 0 radical (unpaired) electrons. The maximum atomic E-state index is 12.6. The standard InChI is InChI=1S/C19H27N3O2/c1-21(12-18(23)20-15-10-11-15)13-19(24)22(2)17-9-5-7-14-6-3-4-8-16(14)17/h3-4,6,8,15,17H,5,7,9-13H2,1-2H3,(H,20,23)/t17-/m0/s1. The number of nitrogens with one attached hydrogen (secondary N) is 1. The number of rotatable bonds is 6. The number of nitrogens with zero attached hydrogens (tertiary/aromatic N) is 2. The second-order valence-corrected chi connectivity index (χ2v) is 7.13. The zero-order valence-electron chi connectivity index (χ0n) is 14.6. The van der Waals surface area contributed by atoms with E-state index in [1.807, 2.05) is 25.1 Å². The molecular weight excluding hydrogens is 302 g/mol. The lowest BCUT2D eigenvalue weighted by Crippen LogP contribution is -2.43. The van der Waals surface area contributed by atoms with Gasteiger partial charge in [0.2, 0.25) is 11.8 Å². The number of carbonyl (C=O) groups excluding carboxylic acids is 2. The van der Waals surface area contributed by atoms with Crippen LogP contribution >= 0.6 is 0 Å². The first-order valence-corrected chi connectivity index (χ1v) is 8.86. The molecule has 24 heavy (non-hydrogen) atoms. The van der Waals surface area contributed by atoms with E-state index in [-0.39, 0.29) is 30.9 Å². The SMILES string of the molecule is CN(CC(=O)NC1CC1)CC(=O)N(C)[C@H]1CCCc2ccccc21. The Kier molecular flexibility index (Phi) is 5.19. The van der Waals surface area contributed by atoms with Crippen LogP contribution in [0.1, 0.15) is 42.9 Å². The Balaban J connectivity index is 1.55. The maximum Gasteiger partial charge on any atom is 0.237 e. The maximum absolute atomic E-state index is 12.6. The first kappa shape index (κ1) is 17.0. The molecule has 2 amide bonds. The van der Waals surface area contributed by atoms with Crippen molar-refractivity contribution < 1.29 is 9.59 Å². The lowest BCUT2D eigenvalue weighted by Gasteiger charge is -2.34. The van der Waals surface area contributed by atoms with Crippen molar-refractivity contribution in [3.05, 3.63) is 35.4 Å². The normalized spacial score (nSPS) is 19.7. The molecule has 2 aliphatic carbocycles. The molecule has 5 heteroatoms. The number of carbonyl (C=O) groups is 2. The average Bonchev–Trinajstić information content (AvgIpc) is 3.37. The third-order valence-corrected chi connectivity index (χ3v) is 4.96. The number of amides is 2. The fourth-order valence-electron chi connectivity index (χ4n) is 3.45. The zero-order chi connectivity index (χ0) is 17.1. The van der Waals surface area contributed by atoms with E-state index in [0.717, 1.165) is 32.1 Å². The van der Waals surface area contributed by atoms with Gasteiger partial charge in [0, 0.05) is 13.1 Å². The van der Waals surface area contributed by atoms with E-state index in [2.05, 4.69) is 23.5 Å². The minimum absolute atomic E-state index is 0.0125. The van der Waals surface area contributed by atoms with Gasteiger partial charge in [-0.1, -0.05) is 24.3 Å². The minimum Gasteiger partial charge on any atom is -0.352 e. The van der Waals surface area contributed by atoms with Crippen LogP contribution in [0.4, 0.5) is 0 Å². The molecule has 0 unspecified atom stereocenters. The highest BCUT2D eigenvalue weighted by Gasteiger charge is 2.28. The molecule has 0 heterocycles. The summed E-state index contributed by atoms with van der Waals surface area (Å²) in [6.45, 7) is 0.546. The van der Waals surface area contributed by atoms with E-state index < -0.39 is 0 Å². The summed E-state index contributed by atoms with van der Waals surface area (Å²) < 4.78 is 0. The molecule has 1 atom stereocenters. The lowest BCUT2D eigenvalue weighted by atomic mass is 9.87. The summed E-state index contributed by atoms with van der Waals surface area (Å²) in [4.78, 5) is 28.1. The van der Waals surface area contributed by atoms with E-state index in [1.54, 1.807) is 4.90 Å². The molecule has 1 fully saturated rings. The number of benzene rings is 1. The number of aryl methyl sites for hydroxylation is 1. The van der Waals surface area contributed by atoms with Gasteiger partial charge in [0.05, 0.1) is 19.1 Å². The molecule has 1 aromatic carbocycles. The van der Waals surface area contributed by atoms with Crippen LogP contribution in [0, 0.1) is 0 Å². The fraction of sp³-hybridized carbons (Fsp3) is 0.579. The van der Waals surface area contributed by atoms with Crippen molar-refractivity contribution in [2.45, 2.75) is 44.2 Å². The first-order valence-electron chi connectivity index (χ1n) is 8.86. The van der Waals surface area contributed by atoms with Crippen molar-refractivity contribution in [1.82, 2.24) is 15.1 Å². The summed E-state index contributed by atoms with van der Waals surface area (Å²) in [6.07, 6.45) is 5.37. The molecule has 3 rings (SSSR count). The highest BCUT2D eigenvalue weighted by Crippen LogP contribution is 2.33. The van der Waals surface area contributed by atoms with E-state index in [9.17, 15) is 9.59 Å². The summed E-state index contributed by atoms with van der Waals surface area (Å²) >= 11 is 0. The molecule has 0 aromatic heterocycles. The Hall–Kier alpha value is -1.88. The van der Waals surface area contributed by atoms with Gasteiger partial charge in [-0.2, -0.15) is 0 Å². The van der Waals surface area contributed by atoms with Gasteiger partial charge in [-0.15, -0.1) is 0 Å². The van der Waals surface area contributed by atoms with Crippen molar-refractivity contribution in [1.29, 1.82) is 0 Å². The van der Waals surface area contributed by atoms with Gasteiger partial charge in [0.25, 0.3) is 0 Å². The van der Waals surface area contributed by atoms with Crippen molar-refractivity contribution in [3.8, 4) is 0 Å². The molecule has 130 valence electrons. The molecule has 0 aliphatic heterocycles. The highest BCUT2D eigenvalue weighted by molar-refractivity contribution is 5.81. The van der Waals surface area contributed by atoms with Crippen molar-refractivity contribution in [2.75, 3.05) is 27.2 Å². The molecule has 0 spiro atoms. The molecular formula is C19H27N3O2. The Morgan fingerprint density at radius 3 is 2.62 bits per heavy atom. The summed E-state index contributed by atoms with van der Waals surface area (Å²) in [5, 5.41) is 2.96. The molecule has 0 bridgehead atoms. The van der Waals surface area contributed by atoms with Crippen LogP contribution < -0.4 is 5.32 Å². The van der Waals surface area contributed by atoms with E-state index in [4.69, 9.17) is 0 Å². The van der Waals surface area contributed by atoms with Gasteiger partial charge in [-0.25, -0.2) is 0 Å². The van der Waals surface area contributed by atoms with Gasteiger partial charge >= 0.3 is 0 Å². The topological polar surface area (TPSA) is 52.7 Å². The van der Waals surface area contributed by atoms with Crippen LogP contribution in [-0.4, -0.2) is 54.8 Å². The van der Waals surface area contributed by atoms with Crippen LogP contribution in [0.2, 0.25) is 0 Å². The van der Waals surface area contributed by atoms with E-state index >= 15 is 0 Å². The summed E-state index contributed by atoms with van der Waals surface area (Å²) in [7, 11) is 3.71. The first-order chi connectivity index (χ1) is 11.5. The number of hydrogen-bond donors (Lipinski definition) is 1. The van der Waals surface area contributed by atoms with Crippen molar-refractivity contribution >= 4 is 11.8 Å². The van der Waals surface area contributed by atoms with Crippen LogP contribution in [0.3, 0.4) is 0 Å². The Morgan fingerprint density at radius 2 is 1.88 bits per heavy atom. The largest absolute Gasteiger partial charge is 0.352 e. The van der Waals surface area contributed by atoms with Gasteiger partial charge in [0.1, 0.15) is 0 Å². The predicted molar refractivity (Wildman–Crippen MR) is 93.6 cm³/mol. The molecule has 2 aliphatic rings. The van der Waals surface area contributed by atoms with Gasteiger partial charge in [0.15, 0.2) is 0 Å². The van der Waals surface area contributed by atoms with Gasteiger partial charge < -0.3 is 10.2 Å². The molecule has 5 nitrogen and oxygen atoms in total. The monoisotopic (exact) mass is 329 g/mol. The average molecular weight is 329 g/mol. The van der Waals surface area contributed by atoms with E-state index in [0.29, 0.717) is 6.04 Å². The second kappa shape index (κ2) is 7.34. The third-order valence-electron chi connectivity index (χ3n) is 4.96. The molecule has 1 saturated carbocycles. The lowest BCUT2D eigenvalue weighted by molar-refractivity contribution is -0.133. The van der Waals surface area contributed by atoms with Gasteiger partial charge in [-0.3, -0.25) is 14.5 Å². The zero-order valence-corrected chi connectivity index (χ0v) is 14.6. The Bertz CT molecular complexity index is 612. The Labute approximate surface area is 144 Å². The van der Waals surface area contributed by atoms with Crippen LogP contribution in [0.5, 0.6) is 0 Å². The summed E-state index contributed by atoms with van der Waals surface area (Å²) in [6, 6.07) is 8.92. The summed E-state index contributed by atoms with van der Waals surface area (Å²) in [5.41, 5.74) is 2.62. The highest BCUT2D eigenvalue weighted by atomic mass is 16.2. The number of fused-ring (bicyclic) bond motifs is 1. The summed E-state index contributed by atoms with van der Waals surface area (Å²) in [5.74, 6) is 0.0805. The van der Waals surface area contributed by atoms with Gasteiger partial charge in [-0.05, 0) is 50.3 Å². The molecule has 1 aromatic rings. The van der Waals surface area contributed by atoms with Crippen LogP contribution in [-0.2, 0) is 16.0 Å². The Morgan fingerprint density at radius 1 is 1.12 bits per heavy atom. The van der Waals surface area contributed by atoms with Crippen molar-refractivity contribution in [3.63, 3.8) is 0 Å². The molecule has 0 saturated heterocycles.